The molecular formula is C19H23N5O. The number of carbonyl (C=O) groups is 1. The first-order valence-corrected chi connectivity index (χ1v) is 8.96. The van der Waals surface area contributed by atoms with Gasteiger partial charge in [-0.25, -0.2) is 4.98 Å². The van der Waals surface area contributed by atoms with E-state index in [0.717, 1.165) is 43.7 Å². The Hall–Kier alpha value is -2.63. The van der Waals surface area contributed by atoms with Gasteiger partial charge in [-0.05, 0) is 50.8 Å². The number of piperidine rings is 1. The van der Waals surface area contributed by atoms with Gasteiger partial charge < -0.3 is 9.30 Å². The Kier molecular flexibility index (Phi) is 4.26. The van der Waals surface area contributed by atoms with Gasteiger partial charge in [0.25, 0.3) is 5.91 Å². The zero-order valence-electron chi connectivity index (χ0n) is 14.5. The summed E-state index contributed by atoms with van der Waals surface area (Å²) in [5.74, 6) is 0.0614. The Balaban J connectivity index is 1.56. The maximum absolute atomic E-state index is 13.2. The highest BCUT2D eigenvalue weighted by Crippen LogP contribution is 2.24. The number of rotatable bonds is 4. The van der Waals surface area contributed by atoms with Crippen LogP contribution < -0.4 is 0 Å². The third-order valence-corrected chi connectivity index (χ3v) is 5.11. The highest BCUT2D eigenvalue weighted by molar-refractivity contribution is 5.94. The van der Waals surface area contributed by atoms with Gasteiger partial charge in [-0.3, -0.25) is 9.48 Å². The maximum Gasteiger partial charge on any atom is 0.274 e. The van der Waals surface area contributed by atoms with Crippen LogP contribution in [0.1, 0.15) is 41.9 Å². The predicted molar refractivity (Wildman–Crippen MR) is 95.4 cm³/mol. The summed E-state index contributed by atoms with van der Waals surface area (Å²) in [6.45, 7) is 3.62. The number of pyridine rings is 1. The van der Waals surface area contributed by atoms with Crippen molar-refractivity contribution in [1.29, 1.82) is 0 Å². The molecule has 1 saturated heterocycles. The van der Waals surface area contributed by atoms with E-state index < -0.39 is 0 Å². The largest absolute Gasteiger partial charge is 0.334 e. The molecular weight excluding hydrogens is 314 g/mol. The fraction of sp³-hybridized carbons (Fsp3) is 0.421. The molecule has 25 heavy (non-hydrogen) atoms. The van der Waals surface area contributed by atoms with Crippen molar-refractivity contribution in [1.82, 2.24) is 24.1 Å². The van der Waals surface area contributed by atoms with E-state index in [1.165, 1.54) is 6.42 Å². The molecule has 4 rings (SSSR count). The number of amides is 1. The highest BCUT2D eigenvalue weighted by Gasteiger charge is 2.30. The number of likely N-dealkylation sites (tertiary alicyclic amines) is 1. The van der Waals surface area contributed by atoms with Gasteiger partial charge >= 0.3 is 0 Å². The normalized spacial score (nSPS) is 18.0. The summed E-state index contributed by atoms with van der Waals surface area (Å²) in [6.07, 6.45) is 9.96. The van der Waals surface area contributed by atoms with Crippen molar-refractivity contribution >= 4 is 11.6 Å². The van der Waals surface area contributed by atoms with Gasteiger partial charge in [0.05, 0.1) is 5.69 Å². The van der Waals surface area contributed by atoms with Crippen LogP contribution in [0.15, 0.2) is 42.9 Å². The fourth-order valence-electron chi connectivity index (χ4n) is 3.74. The molecule has 1 amide bonds. The van der Waals surface area contributed by atoms with Crippen LogP contribution in [0.5, 0.6) is 0 Å². The molecule has 1 aliphatic rings. The average Bonchev–Trinajstić information content (AvgIpc) is 3.28. The van der Waals surface area contributed by atoms with E-state index in [-0.39, 0.29) is 11.9 Å². The number of hydrogen-bond acceptors (Lipinski definition) is 3. The van der Waals surface area contributed by atoms with E-state index in [0.29, 0.717) is 5.69 Å². The number of aromatic nitrogens is 4. The van der Waals surface area contributed by atoms with Crippen LogP contribution in [0, 0.1) is 6.92 Å². The molecule has 0 saturated carbocycles. The molecule has 6 heteroatoms. The monoisotopic (exact) mass is 337 g/mol. The van der Waals surface area contributed by atoms with E-state index in [2.05, 4.69) is 10.1 Å². The highest BCUT2D eigenvalue weighted by atomic mass is 16.2. The maximum atomic E-state index is 13.2. The number of aryl methyl sites for hydroxylation is 2. The summed E-state index contributed by atoms with van der Waals surface area (Å²) < 4.78 is 3.92. The predicted octanol–water partition coefficient (Wildman–Crippen LogP) is 2.92. The lowest BCUT2D eigenvalue weighted by molar-refractivity contribution is 0.0587. The fourth-order valence-corrected chi connectivity index (χ4v) is 3.74. The Bertz CT molecular complexity index is 867. The Morgan fingerprint density at radius 3 is 2.96 bits per heavy atom. The Labute approximate surface area is 147 Å². The van der Waals surface area contributed by atoms with Crippen molar-refractivity contribution in [2.24, 2.45) is 0 Å². The van der Waals surface area contributed by atoms with Crippen molar-refractivity contribution in [2.75, 3.05) is 6.54 Å². The summed E-state index contributed by atoms with van der Waals surface area (Å²) in [6, 6.07) is 8.04. The molecule has 1 unspecified atom stereocenters. The summed E-state index contributed by atoms with van der Waals surface area (Å²) in [5.41, 5.74) is 2.32. The summed E-state index contributed by atoms with van der Waals surface area (Å²) >= 11 is 0. The third-order valence-electron chi connectivity index (χ3n) is 5.11. The van der Waals surface area contributed by atoms with E-state index in [1.54, 1.807) is 6.20 Å². The van der Waals surface area contributed by atoms with Gasteiger partial charge in [0.2, 0.25) is 0 Å². The molecule has 130 valence electrons. The number of hydrogen-bond donors (Lipinski definition) is 0. The van der Waals surface area contributed by atoms with Gasteiger partial charge in [0.1, 0.15) is 11.3 Å². The van der Waals surface area contributed by atoms with Crippen LogP contribution in [0.3, 0.4) is 0 Å². The lowest BCUT2D eigenvalue weighted by Crippen LogP contribution is -2.44. The smallest absolute Gasteiger partial charge is 0.274 e. The summed E-state index contributed by atoms with van der Waals surface area (Å²) in [5, 5.41) is 4.27. The molecule has 0 spiro atoms. The lowest BCUT2D eigenvalue weighted by atomic mass is 9.98. The summed E-state index contributed by atoms with van der Waals surface area (Å²) in [4.78, 5) is 19.8. The van der Waals surface area contributed by atoms with Crippen molar-refractivity contribution in [3.05, 3.63) is 54.2 Å². The van der Waals surface area contributed by atoms with Crippen molar-refractivity contribution in [2.45, 2.75) is 45.2 Å². The van der Waals surface area contributed by atoms with E-state index in [1.807, 2.05) is 57.6 Å². The van der Waals surface area contributed by atoms with Gasteiger partial charge in [-0.15, -0.1) is 0 Å². The Morgan fingerprint density at radius 1 is 1.24 bits per heavy atom. The first-order valence-electron chi connectivity index (χ1n) is 8.96. The zero-order valence-corrected chi connectivity index (χ0v) is 14.5. The zero-order chi connectivity index (χ0) is 17.2. The third kappa shape index (κ3) is 3.04. The molecule has 1 aliphatic heterocycles. The first kappa shape index (κ1) is 15.9. The van der Waals surface area contributed by atoms with Gasteiger partial charge in [-0.2, -0.15) is 5.10 Å². The van der Waals surface area contributed by atoms with E-state index in [4.69, 9.17) is 0 Å². The molecule has 4 heterocycles. The molecule has 1 atom stereocenters. The molecule has 0 N–H and O–H groups in total. The molecule has 3 aromatic rings. The van der Waals surface area contributed by atoms with Crippen LogP contribution in [0.2, 0.25) is 0 Å². The van der Waals surface area contributed by atoms with Gasteiger partial charge in [-0.1, -0.05) is 6.07 Å². The van der Waals surface area contributed by atoms with Crippen LogP contribution in [-0.2, 0) is 6.54 Å². The summed E-state index contributed by atoms with van der Waals surface area (Å²) in [7, 11) is 0. The Morgan fingerprint density at radius 2 is 2.16 bits per heavy atom. The van der Waals surface area contributed by atoms with Gasteiger partial charge in [0.15, 0.2) is 0 Å². The average molecular weight is 337 g/mol. The molecule has 3 aromatic heterocycles. The molecule has 6 nitrogen and oxygen atoms in total. The first-order chi connectivity index (χ1) is 12.2. The quantitative estimate of drug-likeness (QED) is 0.735. The topological polar surface area (TPSA) is 55.4 Å². The molecule has 0 aliphatic carbocycles. The van der Waals surface area contributed by atoms with Crippen molar-refractivity contribution < 1.29 is 4.79 Å². The minimum absolute atomic E-state index is 0.0614. The lowest BCUT2D eigenvalue weighted by Gasteiger charge is -2.35. The number of imidazole rings is 1. The van der Waals surface area contributed by atoms with Crippen molar-refractivity contribution in [3.8, 4) is 0 Å². The molecule has 1 fully saturated rings. The number of carbonyl (C=O) groups excluding carboxylic acids is 1. The molecule has 0 radical (unpaired) electrons. The van der Waals surface area contributed by atoms with E-state index in [9.17, 15) is 4.79 Å². The molecule has 0 aromatic carbocycles. The standard InChI is InChI=1S/C19H23N5O/c1-15-18(21-17-8-3-5-12-23(15)17)19(25)24-13-4-2-7-16(24)9-14-22-11-6-10-20-22/h3,5-6,8,10-12,16H,2,4,7,9,13-14H2,1H3. The van der Waals surface area contributed by atoms with Crippen LogP contribution in [-0.4, -0.2) is 42.6 Å². The van der Waals surface area contributed by atoms with E-state index >= 15 is 0 Å². The van der Waals surface area contributed by atoms with Crippen LogP contribution in [0.25, 0.3) is 5.65 Å². The SMILES string of the molecule is Cc1c(C(=O)N2CCCCC2CCn2cccn2)nc2ccccn12. The molecule has 0 bridgehead atoms. The number of fused-ring (bicyclic) bond motifs is 1. The minimum Gasteiger partial charge on any atom is -0.334 e. The van der Waals surface area contributed by atoms with Gasteiger partial charge in [0, 0.05) is 37.7 Å². The van der Waals surface area contributed by atoms with Crippen LogP contribution >= 0.6 is 0 Å². The van der Waals surface area contributed by atoms with Crippen LogP contribution in [0.4, 0.5) is 0 Å². The second kappa shape index (κ2) is 6.70. The van der Waals surface area contributed by atoms with Crippen molar-refractivity contribution in [3.63, 3.8) is 0 Å². The minimum atomic E-state index is 0.0614. The second-order valence-electron chi connectivity index (χ2n) is 6.68. The second-order valence-corrected chi connectivity index (χ2v) is 6.68. The number of nitrogens with zero attached hydrogens (tertiary/aromatic N) is 5.